The van der Waals surface area contributed by atoms with Crippen molar-refractivity contribution in [3.63, 3.8) is 0 Å². The fourth-order valence-corrected chi connectivity index (χ4v) is 4.18. The average Bonchev–Trinajstić information content (AvgIpc) is 3.25. The molecule has 1 aliphatic carbocycles. The number of halogens is 1. The SMILES string of the molecule is CC(OC(=O)C1(CC(=O)N2CCOCC2)CCCC1)C(=O)Nc1cc([N+](=O)[O-])ccc1Cl. The van der Waals surface area contributed by atoms with Crippen LogP contribution >= 0.6 is 11.6 Å². The van der Waals surface area contributed by atoms with Gasteiger partial charge in [-0.3, -0.25) is 24.5 Å². The van der Waals surface area contributed by atoms with Gasteiger partial charge in [0.2, 0.25) is 5.91 Å². The summed E-state index contributed by atoms with van der Waals surface area (Å²) in [6, 6.07) is 3.65. The van der Waals surface area contributed by atoms with E-state index in [2.05, 4.69) is 5.32 Å². The lowest BCUT2D eigenvalue weighted by atomic mass is 9.82. The van der Waals surface area contributed by atoms with Gasteiger partial charge in [0.1, 0.15) is 0 Å². The van der Waals surface area contributed by atoms with Crippen LogP contribution in [-0.2, 0) is 23.9 Å². The Morgan fingerprint density at radius 3 is 2.56 bits per heavy atom. The molecular weight excluding hydrogens is 442 g/mol. The Kier molecular flexibility index (Phi) is 7.68. The molecule has 2 amide bonds. The summed E-state index contributed by atoms with van der Waals surface area (Å²) in [7, 11) is 0. The predicted octanol–water partition coefficient (Wildman–Crippen LogP) is 2.93. The molecule has 0 spiro atoms. The zero-order valence-corrected chi connectivity index (χ0v) is 18.6. The lowest BCUT2D eigenvalue weighted by Gasteiger charge is -2.32. The first kappa shape index (κ1) is 23.9. The van der Waals surface area contributed by atoms with E-state index in [0.29, 0.717) is 39.1 Å². The Morgan fingerprint density at radius 1 is 1.28 bits per heavy atom. The van der Waals surface area contributed by atoms with E-state index in [0.717, 1.165) is 18.9 Å². The highest BCUT2D eigenvalue weighted by molar-refractivity contribution is 6.33. The first-order chi connectivity index (χ1) is 15.2. The summed E-state index contributed by atoms with van der Waals surface area (Å²) in [4.78, 5) is 50.4. The molecule has 1 saturated carbocycles. The van der Waals surface area contributed by atoms with E-state index < -0.39 is 28.3 Å². The number of morpholine rings is 1. The minimum absolute atomic E-state index is 0.0386. The Hall–Kier alpha value is -2.72. The summed E-state index contributed by atoms with van der Waals surface area (Å²) in [5.74, 6) is -1.37. The number of nitrogens with zero attached hydrogens (tertiary/aromatic N) is 2. The molecular formula is C21H26ClN3O7. The summed E-state index contributed by atoms with van der Waals surface area (Å²) < 4.78 is 10.7. The molecule has 10 nitrogen and oxygen atoms in total. The number of anilines is 1. The van der Waals surface area contributed by atoms with Crippen LogP contribution in [0.3, 0.4) is 0 Å². The van der Waals surface area contributed by atoms with Gasteiger partial charge in [0.25, 0.3) is 11.6 Å². The van der Waals surface area contributed by atoms with Gasteiger partial charge in [0.05, 0.1) is 34.3 Å². The van der Waals surface area contributed by atoms with Gasteiger partial charge in [-0.05, 0) is 25.8 Å². The van der Waals surface area contributed by atoms with Crippen LogP contribution in [0.15, 0.2) is 18.2 Å². The summed E-state index contributed by atoms with van der Waals surface area (Å²) >= 11 is 6.02. The van der Waals surface area contributed by atoms with Crippen molar-refractivity contribution in [1.29, 1.82) is 0 Å². The first-order valence-electron chi connectivity index (χ1n) is 10.5. The monoisotopic (exact) mass is 467 g/mol. The van der Waals surface area contributed by atoms with Crippen molar-refractivity contribution in [3.8, 4) is 0 Å². The molecule has 1 atom stereocenters. The van der Waals surface area contributed by atoms with Crippen LogP contribution in [0.1, 0.15) is 39.0 Å². The minimum Gasteiger partial charge on any atom is -0.452 e. The standard InChI is InChI=1S/C21H26ClN3O7/c1-14(19(27)23-17-12-15(25(29)30)4-5-16(17)22)32-20(28)21(6-2-3-7-21)13-18(26)24-8-10-31-11-9-24/h4-5,12,14H,2-3,6-11,13H2,1H3,(H,23,27). The molecule has 0 radical (unpaired) electrons. The smallest absolute Gasteiger partial charge is 0.313 e. The molecule has 2 fully saturated rings. The second-order valence-electron chi connectivity index (χ2n) is 8.12. The lowest BCUT2D eigenvalue weighted by Crippen LogP contribution is -2.45. The highest BCUT2D eigenvalue weighted by atomic mass is 35.5. The van der Waals surface area contributed by atoms with Gasteiger partial charge in [-0.25, -0.2) is 0 Å². The molecule has 0 bridgehead atoms. The van der Waals surface area contributed by atoms with Gasteiger partial charge in [0.15, 0.2) is 6.10 Å². The normalized spacial score (nSPS) is 18.6. The molecule has 0 aromatic heterocycles. The summed E-state index contributed by atoms with van der Waals surface area (Å²) in [6.45, 7) is 3.34. The number of nitrogens with one attached hydrogen (secondary N) is 1. The molecule has 1 heterocycles. The quantitative estimate of drug-likeness (QED) is 0.371. The Labute approximate surface area is 190 Å². The third-order valence-corrected chi connectivity index (χ3v) is 6.25. The number of non-ortho nitro benzene ring substituents is 1. The number of nitro groups is 1. The van der Waals surface area contributed by atoms with Gasteiger partial charge in [-0.2, -0.15) is 0 Å². The molecule has 1 unspecified atom stereocenters. The highest BCUT2D eigenvalue weighted by Gasteiger charge is 2.46. The molecule has 1 aliphatic heterocycles. The van der Waals surface area contributed by atoms with Gasteiger partial charge >= 0.3 is 5.97 Å². The average molecular weight is 468 g/mol. The molecule has 174 valence electrons. The van der Waals surface area contributed by atoms with Crippen LogP contribution < -0.4 is 5.32 Å². The van der Waals surface area contributed by atoms with E-state index in [9.17, 15) is 24.5 Å². The summed E-state index contributed by atoms with van der Waals surface area (Å²) in [6.07, 6.45) is 1.51. The topological polar surface area (TPSA) is 128 Å². The summed E-state index contributed by atoms with van der Waals surface area (Å²) in [5, 5.41) is 13.5. The van der Waals surface area contributed by atoms with Crippen LogP contribution in [0.4, 0.5) is 11.4 Å². The van der Waals surface area contributed by atoms with Crippen LogP contribution in [0.2, 0.25) is 5.02 Å². The number of rotatable bonds is 7. The molecule has 1 aromatic rings. The van der Waals surface area contributed by atoms with Crippen molar-refractivity contribution in [2.75, 3.05) is 31.6 Å². The number of benzene rings is 1. The zero-order chi connectivity index (χ0) is 23.3. The van der Waals surface area contributed by atoms with Crippen LogP contribution in [0, 0.1) is 15.5 Å². The van der Waals surface area contributed by atoms with Crippen molar-refractivity contribution < 1.29 is 28.8 Å². The van der Waals surface area contributed by atoms with Crippen molar-refractivity contribution in [2.45, 2.75) is 45.1 Å². The second kappa shape index (κ2) is 10.3. The van der Waals surface area contributed by atoms with Crippen molar-refractivity contribution in [2.24, 2.45) is 5.41 Å². The number of amides is 2. The van der Waals surface area contributed by atoms with Crippen LogP contribution in [0.25, 0.3) is 0 Å². The van der Waals surface area contributed by atoms with Gasteiger partial charge in [-0.1, -0.05) is 24.4 Å². The Balaban J connectivity index is 1.64. The number of esters is 1. The van der Waals surface area contributed by atoms with Crippen molar-refractivity contribution in [3.05, 3.63) is 33.3 Å². The fourth-order valence-electron chi connectivity index (χ4n) is 4.01. The van der Waals surface area contributed by atoms with E-state index in [1.807, 2.05) is 0 Å². The molecule has 2 aliphatic rings. The lowest BCUT2D eigenvalue weighted by molar-refractivity contribution is -0.384. The van der Waals surface area contributed by atoms with Crippen molar-refractivity contribution in [1.82, 2.24) is 4.90 Å². The number of hydrogen-bond donors (Lipinski definition) is 1. The first-order valence-corrected chi connectivity index (χ1v) is 10.9. The van der Waals surface area contributed by atoms with E-state index in [4.69, 9.17) is 21.1 Å². The molecule has 3 rings (SSSR count). The Bertz CT molecular complexity index is 895. The molecule has 1 aromatic carbocycles. The maximum atomic E-state index is 13.1. The van der Waals surface area contributed by atoms with Gasteiger partial charge < -0.3 is 19.7 Å². The van der Waals surface area contributed by atoms with Crippen molar-refractivity contribution >= 4 is 40.8 Å². The van der Waals surface area contributed by atoms with E-state index in [-0.39, 0.29) is 28.7 Å². The van der Waals surface area contributed by atoms with Gasteiger partial charge in [-0.15, -0.1) is 0 Å². The number of carbonyl (C=O) groups is 3. The van der Waals surface area contributed by atoms with E-state index in [1.165, 1.54) is 19.1 Å². The predicted molar refractivity (Wildman–Crippen MR) is 115 cm³/mol. The van der Waals surface area contributed by atoms with Gasteiger partial charge in [0, 0.05) is 31.6 Å². The summed E-state index contributed by atoms with van der Waals surface area (Å²) in [5.41, 5.74) is -1.14. The van der Waals surface area contributed by atoms with E-state index >= 15 is 0 Å². The second-order valence-corrected chi connectivity index (χ2v) is 8.52. The molecule has 11 heteroatoms. The fraction of sp³-hybridized carbons (Fsp3) is 0.571. The third-order valence-electron chi connectivity index (χ3n) is 5.92. The maximum Gasteiger partial charge on any atom is 0.313 e. The highest BCUT2D eigenvalue weighted by Crippen LogP contribution is 2.43. The minimum atomic E-state index is -1.17. The number of ether oxygens (including phenoxy) is 2. The molecule has 1 saturated heterocycles. The number of hydrogen-bond acceptors (Lipinski definition) is 7. The molecule has 32 heavy (non-hydrogen) atoms. The molecule has 1 N–H and O–H groups in total. The number of nitro benzene ring substituents is 1. The number of carbonyl (C=O) groups excluding carboxylic acids is 3. The van der Waals surface area contributed by atoms with Crippen LogP contribution in [0.5, 0.6) is 0 Å². The third kappa shape index (κ3) is 5.55. The zero-order valence-electron chi connectivity index (χ0n) is 17.8. The van der Waals surface area contributed by atoms with Crippen LogP contribution in [-0.4, -0.2) is 60.0 Å². The maximum absolute atomic E-state index is 13.1. The van der Waals surface area contributed by atoms with E-state index in [1.54, 1.807) is 4.90 Å². The Morgan fingerprint density at radius 2 is 1.94 bits per heavy atom. The largest absolute Gasteiger partial charge is 0.452 e.